The zero-order chi connectivity index (χ0) is 14.2. The van der Waals surface area contributed by atoms with E-state index in [1.54, 1.807) is 0 Å². The van der Waals surface area contributed by atoms with E-state index in [0.717, 1.165) is 11.8 Å². The summed E-state index contributed by atoms with van der Waals surface area (Å²) in [5.74, 6) is 1.55. The molecule has 0 amide bonds. The zero-order valence-corrected chi connectivity index (χ0v) is 13.4. The highest BCUT2D eigenvalue weighted by molar-refractivity contribution is 9.10. The third-order valence-corrected chi connectivity index (χ3v) is 5.00. The van der Waals surface area contributed by atoms with Gasteiger partial charge >= 0.3 is 0 Å². The minimum atomic E-state index is 0.744. The largest absolute Gasteiger partial charge is 0.0616 e. The lowest BCUT2D eigenvalue weighted by molar-refractivity contribution is 0.795. The van der Waals surface area contributed by atoms with Crippen molar-refractivity contribution in [1.82, 2.24) is 0 Å². The first-order valence-electron chi connectivity index (χ1n) is 7.53. The molecular weight excluding hydrogens is 320 g/mol. The molecule has 1 heteroatoms. The van der Waals surface area contributed by atoms with Gasteiger partial charge in [-0.1, -0.05) is 70.5 Å². The van der Waals surface area contributed by atoms with Crippen LogP contribution in [0.5, 0.6) is 0 Å². The Labute approximate surface area is 133 Å². The molecule has 2 atom stereocenters. The van der Waals surface area contributed by atoms with Gasteiger partial charge in [-0.3, -0.25) is 0 Å². The molecule has 0 heterocycles. The molecule has 3 aromatic carbocycles. The Balaban J connectivity index is 1.51. The summed E-state index contributed by atoms with van der Waals surface area (Å²) in [4.78, 5) is 0. The van der Waals surface area contributed by atoms with Crippen molar-refractivity contribution >= 4 is 26.7 Å². The van der Waals surface area contributed by atoms with Crippen LogP contribution in [0, 0.1) is 5.92 Å². The lowest BCUT2D eigenvalue weighted by Gasteiger charge is -2.04. The molecule has 104 valence electrons. The number of halogens is 1. The van der Waals surface area contributed by atoms with E-state index in [9.17, 15) is 0 Å². The Hall–Kier alpha value is -1.60. The van der Waals surface area contributed by atoms with Crippen LogP contribution >= 0.6 is 15.9 Å². The molecule has 0 saturated heterocycles. The second kappa shape index (κ2) is 5.31. The van der Waals surface area contributed by atoms with Crippen LogP contribution in [0.15, 0.2) is 71.2 Å². The summed E-state index contributed by atoms with van der Waals surface area (Å²) >= 11 is 3.57. The topological polar surface area (TPSA) is 0 Å². The van der Waals surface area contributed by atoms with Gasteiger partial charge in [-0.05, 0) is 58.7 Å². The van der Waals surface area contributed by atoms with Crippen molar-refractivity contribution in [3.8, 4) is 0 Å². The standard InChI is InChI=1S/C20H17Br/c21-19-7-3-6-17(12-19)20-13-18(20)11-14-8-9-15-4-1-2-5-16(15)10-14/h1-10,12,18,20H,11,13H2. The Morgan fingerprint density at radius 2 is 1.71 bits per heavy atom. The Kier molecular flexibility index (Phi) is 3.31. The van der Waals surface area contributed by atoms with Gasteiger partial charge in [-0.25, -0.2) is 0 Å². The van der Waals surface area contributed by atoms with Crippen LogP contribution in [0.1, 0.15) is 23.5 Å². The minimum absolute atomic E-state index is 0.744. The van der Waals surface area contributed by atoms with Crippen LogP contribution in [0.3, 0.4) is 0 Å². The first kappa shape index (κ1) is 13.1. The highest BCUT2D eigenvalue weighted by Gasteiger charge is 2.37. The van der Waals surface area contributed by atoms with Gasteiger partial charge in [0.15, 0.2) is 0 Å². The summed E-state index contributed by atoms with van der Waals surface area (Å²) < 4.78 is 1.19. The van der Waals surface area contributed by atoms with Crippen molar-refractivity contribution in [2.24, 2.45) is 5.92 Å². The summed E-state index contributed by atoms with van der Waals surface area (Å²) in [6, 6.07) is 24.3. The van der Waals surface area contributed by atoms with Crippen LogP contribution in [-0.2, 0) is 6.42 Å². The summed E-state index contributed by atoms with van der Waals surface area (Å²) in [7, 11) is 0. The molecule has 3 aromatic rings. The fourth-order valence-electron chi connectivity index (χ4n) is 3.29. The van der Waals surface area contributed by atoms with Gasteiger partial charge in [-0.2, -0.15) is 0 Å². The van der Waals surface area contributed by atoms with Crippen LogP contribution in [0.2, 0.25) is 0 Å². The highest BCUT2D eigenvalue weighted by Crippen LogP contribution is 2.49. The molecule has 0 aromatic heterocycles. The molecule has 0 aliphatic heterocycles. The number of benzene rings is 3. The molecule has 1 aliphatic carbocycles. The fourth-order valence-corrected chi connectivity index (χ4v) is 3.70. The van der Waals surface area contributed by atoms with E-state index in [1.807, 2.05) is 0 Å². The van der Waals surface area contributed by atoms with Crippen molar-refractivity contribution in [3.05, 3.63) is 82.3 Å². The van der Waals surface area contributed by atoms with Crippen molar-refractivity contribution in [3.63, 3.8) is 0 Å². The summed E-state index contributed by atoms with van der Waals surface area (Å²) in [6.45, 7) is 0. The number of hydrogen-bond acceptors (Lipinski definition) is 0. The average Bonchev–Trinajstić information content (AvgIpc) is 3.26. The maximum atomic E-state index is 3.57. The highest BCUT2D eigenvalue weighted by atomic mass is 79.9. The molecule has 0 N–H and O–H groups in total. The zero-order valence-electron chi connectivity index (χ0n) is 11.8. The number of hydrogen-bond donors (Lipinski definition) is 0. The Morgan fingerprint density at radius 1 is 0.857 bits per heavy atom. The van der Waals surface area contributed by atoms with Crippen molar-refractivity contribution < 1.29 is 0 Å². The fraction of sp³-hybridized carbons (Fsp3) is 0.200. The van der Waals surface area contributed by atoms with Crippen LogP contribution in [0.4, 0.5) is 0 Å². The predicted octanol–water partition coefficient (Wildman–Crippen LogP) is 5.95. The molecule has 1 aliphatic rings. The molecule has 4 rings (SSSR count). The van der Waals surface area contributed by atoms with E-state index >= 15 is 0 Å². The first-order valence-corrected chi connectivity index (χ1v) is 8.32. The summed E-state index contributed by atoms with van der Waals surface area (Å²) in [5.41, 5.74) is 2.95. The molecule has 1 fully saturated rings. The molecule has 0 bridgehead atoms. The van der Waals surface area contributed by atoms with Crippen molar-refractivity contribution in [1.29, 1.82) is 0 Å². The smallest absolute Gasteiger partial charge is 0.0178 e. The van der Waals surface area contributed by atoms with Crippen molar-refractivity contribution in [2.75, 3.05) is 0 Å². The minimum Gasteiger partial charge on any atom is -0.0616 e. The summed E-state index contributed by atoms with van der Waals surface area (Å²) in [5, 5.41) is 2.69. The van der Waals surface area contributed by atoms with Crippen molar-refractivity contribution in [2.45, 2.75) is 18.8 Å². The van der Waals surface area contributed by atoms with Gasteiger partial charge in [-0.15, -0.1) is 0 Å². The Bertz CT molecular complexity index is 790. The lowest BCUT2D eigenvalue weighted by Crippen LogP contribution is -1.90. The van der Waals surface area contributed by atoms with Crippen LogP contribution in [0.25, 0.3) is 10.8 Å². The van der Waals surface area contributed by atoms with E-state index in [4.69, 9.17) is 0 Å². The van der Waals surface area contributed by atoms with Gasteiger partial charge < -0.3 is 0 Å². The van der Waals surface area contributed by atoms with E-state index in [1.165, 1.54) is 39.2 Å². The third-order valence-electron chi connectivity index (χ3n) is 4.51. The summed E-state index contributed by atoms with van der Waals surface area (Å²) in [6.07, 6.45) is 2.52. The van der Waals surface area contributed by atoms with Gasteiger partial charge in [0.05, 0.1) is 0 Å². The van der Waals surface area contributed by atoms with Gasteiger partial charge in [0.25, 0.3) is 0 Å². The molecule has 0 radical (unpaired) electrons. The van der Waals surface area contributed by atoms with E-state index < -0.39 is 0 Å². The van der Waals surface area contributed by atoms with Crippen LogP contribution < -0.4 is 0 Å². The van der Waals surface area contributed by atoms with E-state index in [-0.39, 0.29) is 0 Å². The van der Waals surface area contributed by atoms with Gasteiger partial charge in [0.2, 0.25) is 0 Å². The van der Waals surface area contributed by atoms with E-state index in [2.05, 4.69) is 82.7 Å². The maximum Gasteiger partial charge on any atom is 0.0178 e. The van der Waals surface area contributed by atoms with Gasteiger partial charge in [0, 0.05) is 4.47 Å². The first-order chi connectivity index (χ1) is 10.3. The molecule has 1 saturated carbocycles. The second-order valence-corrected chi connectivity index (χ2v) is 6.96. The lowest BCUT2D eigenvalue weighted by atomic mass is 10.0. The number of rotatable bonds is 3. The predicted molar refractivity (Wildman–Crippen MR) is 92.6 cm³/mol. The monoisotopic (exact) mass is 336 g/mol. The molecular formula is C20H17Br. The second-order valence-electron chi connectivity index (χ2n) is 6.04. The van der Waals surface area contributed by atoms with E-state index in [0.29, 0.717) is 0 Å². The molecule has 0 spiro atoms. The molecule has 0 nitrogen and oxygen atoms in total. The number of fused-ring (bicyclic) bond motifs is 1. The molecule has 21 heavy (non-hydrogen) atoms. The third kappa shape index (κ3) is 2.75. The molecule has 2 unspecified atom stereocenters. The quantitative estimate of drug-likeness (QED) is 0.554. The van der Waals surface area contributed by atoms with Crippen LogP contribution in [-0.4, -0.2) is 0 Å². The average molecular weight is 337 g/mol. The normalized spacial score (nSPS) is 20.6. The SMILES string of the molecule is Brc1cccc(C2CC2Cc2ccc3ccccc3c2)c1. The van der Waals surface area contributed by atoms with Gasteiger partial charge in [0.1, 0.15) is 0 Å². The maximum absolute atomic E-state index is 3.57. The Morgan fingerprint density at radius 3 is 2.57 bits per heavy atom.